The highest BCUT2D eigenvalue weighted by atomic mass is 19.2. The van der Waals surface area contributed by atoms with E-state index in [0.717, 1.165) is 22.7 Å². The van der Waals surface area contributed by atoms with Crippen LogP contribution in [-0.2, 0) is 9.59 Å². The van der Waals surface area contributed by atoms with Gasteiger partial charge >= 0.3 is 6.09 Å². The second-order valence-electron chi connectivity index (χ2n) is 8.66. The summed E-state index contributed by atoms with van der Waals surface area (Å²) in [7, 11) is 0. The zero-order valence-corrected chi connectivity index (χ0v) is 19.2. The van der Waals surface area contributed by atoms with Crippen LogP contribution in [0.1, 0.15) is 6.42 Å². The van der Waals surface area contributed by atoms with Crippen molar-refractivity contribution in [2.24, 2.45) is 5.92 Å². The first-order valence-electron chi connectivity index (χ1n) is 11.4. The lowest BCUT2D eigenvalue weighted by Gasteiger charge is -2.44. The van der Waals surface area contributed by atoms with Gasteiger partial charge in [0.15, 0.2) is 11.6 Å². The lowest BCUT2D eigenvalue weighted by atomic mass is 9.86. The van der Waals surface area contributed by atoms with E-state index in [4.69, 9.17) is 4.74 Å². The predicted octanol–water partition coefficient (Wildman–Crippen LogP) is 1.93. The summed E-state index contributed by atoms with van der Waals surface area (Å²) in [6.45, 7) is 1.40. The molecule has 3 unspecified atom stereocenters. The highest BCUT2D eigenvalue weighted by molar-refractivity contribution is 5.92. The molecule has 2 aliphatic heterocycles. The molecule has 192 valence electrons. The third-order valence-corrected chi connectivity index (χ3v) is 6.49. The molecule has 12 heteroatoms. The smallest absolute Gasteiger partial charge is 0.408 e. The normalized spacial score (nSPS) is 22.2. The van der Waals surface area contributed by atoms with Crippen LogP contribution in [0.5, 0.6) is 5.75 Å². The first kappa shape index (κ1) is 25.2. The van der Waals surface area contributed by atoms with Gasteiger partial charge in [-0.25, -0.2) is 19.1 Å². The van der Waals surface area contributed by atoms with E-state index in [9.17, 15) is 33.5 Å². The molecule has 10 nitrogen and oxygen atoms in total. The second kappa shape index (κ2) is 10.8. The first-order valence-corrected chi connectivity index (χ1v) is 11.4. The molecule has 2 fully saturated rings. The monoisotopic (exact) mass is 504 g/mol. The van der Waals surface area contributed by atoms with Crippen molar-refractivity contribution in [3.8, 4) is 5.75 Å². The van der Waals surface area contributed by atoms with E-state index in [1.807, 2.05) is 30.3 Å². The van der Waals surface area contributed by atoms with Gasteiger partial charge in [-0.05, 0) is 24.3 Å². The molecule has 0 saturated carbocycles. The van der Waals surface area contributed by atoms with E-state index in [1.54, 1.807) is 0 Å². The largest absolute Gasteiger partial charge is 0.488 e. The minimum Gasteiger partial charge on any atom is -0.488 e. The van der Waals surface area contributed by atoms with Gasteiger partial charge in [-0.1, -0.05) is 18.2 Å². The van der Waals surface area contributed by atoms with Gasteiger partial charge in [0.2, 0.25) is 11.8 Å². The second-order valence-corrected chi connectivity index (χ2v) is 8.66. The summed E-state index contributed by atoms with van der Waals surface area (Å²) in [4.78, 5) is 42.6. The average Bonchev–Trinajstić information content (AvgIpc) is 2.90. The van der Waals surface area contributed by atoms with Gasteiger partial charge in [-0.2, -0.15) is 0 Å². The van der Waals surface area contributed by atoms with Crippen molar-refractivity contribution in [2.75, 3.05) is 37.6 Å². The third-order valence-electron chi connectivity index (χ3n) is 6.49. The Hall–Kier alpha value is -3.93. The van der Waals surface area contributed by atoms with Gasteiger partial charge in [-0.3, -0.25) is 19.7 Å². The minimum atomic E-state index is -1.45. The van der Waals surface area contributed by atoms with Gasteiger partial charge in [0.1, 0.15) is 17.9 Å². The van der Waals surface area contributed by atoms with Crippen LogP contribution in [0.2, 0.25) is 0 Å². The highest BCUT2D eigenvalue weighted by Gasteiger charge is 2.48. The maximum Gasteiger partial charge on any atom is 0.408 e. The van der Waals surface area contributed by atoms with E-state index in [1.165, 1.54) is 16.4 Å². The summed E-state index contributed by atoms with van der Waals surface area (Å²) < 4.78 is 32.5. The number of likely N-dealkylation sites (tertiary alicyclic amines) is 1. The number of hydroxylamine groups is 1. The van der Waals surface area contributed by atoms with E-state index < -0.39 is 47.6 Å². The van der Waals surface area contributed by atoms with Crippen molar-refractivity contribution in [3.05, 3.63) is 60.2 Å². The highest BCUT2D eigenvalue weighted by Crippen LogP contribution is 2.30. The number of nitrogens with zero attached hydrogens (tertiary/aromatic N) is 3. The number of carbonyl (C=O) groups is 3. The Morgan fingerprint density at radius 1 is 0.972 bits per heavy atom. The van der Waals surface area contributed by atoms with Crippen LogP contribution in [0, 0.1) is 17.6 Å². The van der Waals surface area contributed by atoms with Crippen molar-refractivity contribution in [1.29, 1.82) is 0 Å². The molecule has 2 aromatic carbocycles. The number of hydrogen-bond donors (Lipinski definition) is 3. The summed E-state index contributed by atoms with van der Waals surface area (Å²) >= 11 is 0. The number of halogens is 2. The van der Waals surface area contributed by atoms with Gasteiger partial charge in [0.05, 0.1) is 12.5 Å². The quantitative estimate of drug-likeness (QED) is 0.420. The summed E-state index contributed by atoms with van der Waals surface area (Å²) in [6, 6.07) is 11.1. The number of piperidine rings is 1. The molecule has 4 rings (SSSR count). The van der Waals surface area contributed by atoms with Gasteiger partial charge < -0.3 is 19.6 Å². The molecule has 2 saturated heterocycles. The van der Waals surface area contributed by atoms with Crippen molar-refractivity contribution in [3.63, 3.8) is 0 Å². The number of rotatable bonds is 5. The number of benzene rings is 2. The van der Waals surface area contributed by atoms with Crippen LogP contribution in [0.25, 0.3) is 0 Å². The molecule has 3 atom stereocenters. The lowest BCUT2D eigenvalue weighted by Crippen LogP contribution is -2.64. The standard InChI is InChI=1S/C24H26F2N4O6/c25-19-7-6-16(13-20(19)26)36-17-12-18(22(31)27-35)21(30(14-17)24(33)34)23(32)29-10-8-28(9-11-29)15-4-2-1-3-5-15/h1-7,13,17-18,21,35H,8-12,14H2,(H,27,31)(H,33,34). The zero-order chi connectivity index (χ0) is 25.8. The third kappa shape index (κ3) is 5.33. The molecule has 2 aliphatic rings. The van der Waals surface area contributed by atoms with Crippen LogP contribution in [0.4, 0.5) is 19.3 Å². The van der Waals surface area contributed by atoms with Crippen LogP contribution in [0.15, 0.2) is 48.5 Å². The Morgan fingerprint density at radius 2 is 1.67 bits per heavy atom. The fourth-order valence-electron chi connectivity index (χ4n) is 4.71. The van der Waals surface area contributed by atoms with Crippen molar-refractivity contribution < 1.29 is 38.2 Å². The Kier molecular flexibility index (Phi) is 7.53. The maximum atomic E-state index is 13.6. The molecule has 0 aromatic heterocycles. The van der Waals surface area contributed by atoms with Crippen molar-refractivity contribution >= 4 is 23.6 Å². The number of amides is 3. The molecule has 36 heavy (non-hydrogen) atoms. The van der Waals surface area contributed by atoms with Crippen LogP contribution >= 0.6 is 0 Å². The number of hydrogen-bond acceptors (Lipinski definition) is 6. The Balaban J connectivity index is 1.51. The molecule has 0 spiro atoms. The number of anilines is 1. The van der Waals surface area contributed by atoms with Crippen LogP contribution < -0.4 is 15.1 Å². The average molecular weight is 504 g/mol. The van der Waals surface area contributed by atoms with Crippen LogP contribution in [0.3, 0.4) is 0 Å². The minimum absolute atomic E-state index is 0.0609. The molecule has 2 heterocycles. The number of nitrogens with one attached hydrogen (secondary N) is 1. The molecular formula is C24H26F2N4O6. The number of para-hydroxylation sites is 1. The number of carbonyl (C=O) groups excluding carboxylic acids is 2. The van der Waals surface area contributed by atoms with E-state index in [0.29, 0.717) is 26.2 Å². The first-order chi connectivity index (χ1) is 17.3. The number of piperazine rings is 1. The fourth-order valence-corrected chi connectivity index (χ4v) is 4.71. The van der Waals surface area contributed by atoms with Crippen molar-refractivity contribution in [1.82, 2.24) is 15.3 Å². The van der Waals surface area contributed by atoms with Crippen LogP contribution in [-0.4, -0.2) is 82.9 Å². The van der Waals surface area contributed by atoms with E-state index in [2.05, 4.69) is 4.90 Å². The number of carboxylic acid groups (broad SMARTS) is 1. The lowest BCUT2D eigenvalue weighted by molar-refractivity contribution is -0.150. The Bertz CT molecular complexity index is 1110. The van der Waals surface area contributed by atoms with Crippen molar-refractivity contribution in [2.45, 2.75) is 18.6 Å². The Morgan fingerprint density at radius 3 is 2.28 bits per heavy atom. The summed E-state index contributed by atoms with van der Waals surface area (Å²) in [6.07, 6.45) is -2.53. The predicted molar refractivity (Wildman–Crippen MR) is 123 cm³/mol. The Labute approximate surface area is 205 Å². The van der Waals surface area contributed by atoms with E-state index in [-0.39, 0.29) is 18.7 Å². The molecule has 0 bridgehead atoms. The zero-order valence-electron chi connectivity index (χ0n) is 19.2. The van der Waals surface area contributed by atoms with Gasteiger partial charge in [0.25, 0.3) is 0 Å². The number of ether oxygens (including phenoxy) is 1. The summed E-state index contributed by atoms with van der Waals surface area (Å²) in [5.74, 6) is -5.05. The SMILES string of the molecule is O=C(NO)C1CC(Oc2ccc(F)c(F)c2)CN(C(=O)O)C1C(=O)N1CCN(c2ccccc2)CC1. The topological polar surface area (TPSA) is 123 Å². The summed E-state index contributed by atoms with van der Waals surface area (Å²) in [5, 5.41) is 19.2. The molecule has 3 amide bonds. The van der Waals surface area contributed by atoms with Gasteiger partial charge in [0, 0.05) is 44.4 Å². The molecule has 0 aliphatic carbocycles. The molecule has 3 N–H and O–H groups in total. The van der Waals surface area contributed by atoms with Gasteiger partial charge in [-0.15, -0.1) is 0 Å². The maximum absolute atomic E-state index is 13.6. The molecule has 0 radical (unpaired) electrons. The summed E-state index contributed by atoms with van der Waals surface area (Å²) in [5.41, 5.74) is 2.51. The molecular weight excluding hydrogens is 478 g/mol. The molecule has 2 aromatic rings. The van der Waals surface area contributed by atoms with E-state index >= 15 is 0 Å². The fraction of sp³-hybridized carbons (Fsp3) is 0.375.